The fourth-order valence-corrected chi connectivity index (χ4v) is 3.29. The molecule has 122 valence electrons. The Balaban J connectivity index is 0.000000753. The standard InChI is InChI=1S/C18H19NO2.C2H6/c1-13-3-2-4-15-11-19(8-7-16(13)15)10-14-5-6-17-18(9-14)21-12-20-17;1-2/h2-6,9H,7-8,10-12H2,1H3;1-2H3. The van der Waals surface area contributed by atoms with E-state index < -0.39 is 0 Å². The highest BCUT2D eigenvalue weighted by molar-refractivity contribution is 5.44. The van der Waals surface area contributed by atoms with Gasteiger partial charge in [-0.05, 0) is 47.7 Å². The lowest BCUT2D eigenvalue weighted by atomic mass is 9.95. The van der Waals surface area contributed by atoms with E-state index >= 15 is 0 Å². The Morgan fingerprint density at radius 3 is 2.74 bits per heavy atom. The van der Waals surface area contributed by atoms with Crippen molar-refractivity contribution in [3.05, 3.63) is 58.7 Å². The largest absolute Gasteiger partial charge is 0.454 e. The molecule has 4 rings (SSSR count). The minimum absolute atomic E-state index is 0.342. The van der Waals surface area contributed by atoms with E-state index in [1.165, 1.54) is 16.7 Å². The van der Waals surface area contributed by atoms with Crippen LogP contribution >= 0.6 is 0 Å². The fraction of sp³-hybridized carbons (Fsp3) is 0.400. The van der Waals surface area contributed by atoms with Gasteiger partial charge in [0.05, 0.1) is 0 Å². The summed E-state index contributed by atoms with van der Waals surface area (Å²) in [6.45, 7) is 9.67. The van der Waals surface area contributed by atoms with Gasteiger partial charge in [-0.15, -0.1) is 0 Å². The van der Waals surface area contributed by atoms with Crippen LogP contribution < -0.4 is 9.47 Å². The van der Waals surface area contributed by atoms with E-state index in [9.17, 15) is 0 Å². The van der Waals surface area contributed by atoms with Crippen molar-refractivity contribution >= 4 is 0 Å². The van der Waals surface area contributed by atoms with Crippen LogP contribution in [0.2, 0.25) is 0 Å². The second-order valence-corrected chi connectivity index (χ2v) is 5.86. The molecule has 0 N–H and O–H groups in total. The van der Waals surface area contributed by atoms with Crippen LogP contribution in [0.1, 0.15) is 36.1 Å². The minimum atomic E-state index is 0.342. The van der Waals surface area contributed by atoms with Gasteiger partial charge in [0.15, 0.2) is 11.5 Å². The average Bonchev–Trinajstić information content (AvgIpc) is 3.04. The van der Waals surface area contributed by atoms with E-state index in [-0.39, 0.29) is 0 Å². The van der Waals surface area contributed by atoms with E-state index in [1.807, 2.05) is 19.9 Å². The Kier molecular flexibility index (Phi) is 4.87. The van der Waals surface area contributed by atoms with Crippen molar-refractivity contribution in [2.24, 2.45) is 0 Å². The monoisotopic (exact) mass is 311 g/mol. The summed E-state index contributed by atoms with van der Waals surface area (Å²) in [5, 5.41) is 0. The van der Waals surface area contributed by atoms with E-state index in [1.54, 1.807) is 5.56 Å². The number of rotatable bonds is 2. The van der Waals surface area contributed by atoms with Gasteiger partial charge in [0, 0.05) is 19.6 Å². The van der Waals surface area contributed by atoms with Gasteiger partial charge in [-0.2, -0.15) is 0 Å². The third-order valence-electron chi connectivity index (χ3n) is 4.42. The fourth-order valence-electron chi connectivity index (χ4n) is 3.29. The highest BCUT2D eigenvalue weighted by Gasteiger charge is 2.19. The van der Waals surface area contributed by atoms with Crippen molar-refractivity contribution < 1.29 is 9.47 Å². The van der Waals surface area contributed by atoms with E-state index in [4.69, 9.17) is 9.47 Å². The van der Waals surface area contributed by atoms with Crippen molar-refractivity contribution in [3.8, 4) is 11.5 Å². The first-order valence-corrected chi connectivity index (χ1v) is 8.48. The summed E-state index contributed by atoms with van der Waals surface area (Å²) < 4.78 is 10.8. The zero-order valence-corrected chi connectivity index (χ0v) is 14.3. The first kappa shape index (κ1) is 15.9. The molecule has 2 aromatic rings. The van der Waals surface area contributed by atoms with Gasteiger partial charge in [-0.1, -0.05) is 38.1 Å². The number of hydrogen-bond acceptors (Lipinski definition) is 3. The summed E-state index contributed by atoms with van der Waals surface area (Å²) in [7, 11) is 0. The van der Waals surface area contributed by atoms with Crippen LogP contribution in [0, 0.1) is 6.92 Å². The maximum atomic E-state index is 5.46. The van der Waals surface area contributed by atoms with Crippen LogP contribution in [0.15, 0.2) is 36.4 Å². The van der Waals surface area contributed by atoms with Crippen molar-refractivity contribution in [2.75, 3.05) is 13.3 Å². The Labute approximate surface area is 138 Å². The molecule has 0 saturated carbocycles. The summed E-state index contributed by atoms with van der Waals surface area (Å²) in [6.07, 6.45) is 1.15. The number of nitrogens with zero attached hydrogens (tertiary/aromatic N) is 1. The zero-order valence-electron chi connectivity index (χ0n) is 14.3. The lowest BCUT2D eigenvalue weighted by Crippen LogP contribution is -2.30. The molecule has 3 nitrogen and oxygen atoms in total. The van der Waals surface area contributed by atoms with Crippen molar-refractivity contribution in [1.29, 1.82) is 0 Å². The molecule has 0 saturated heterocycles. The van der Waals surface area contributed by atoms with Crippen LogP contribution in [-0.2, 0) is 19.5 Å². The van der Waals surface area contributed by atoms with Crippen LogP contribution in [0.25, 0.3) is 0 Å². The van der Waals surface area contributed by atoms with E-state index in [2.05, 4.69) is 42.2 Å². The molecule has 0 bridgehead atoms. The zero-order chi connectivity index (χ0) is 16.2. The second kappa shape index (κ2) is 7.05. The molecule has 3 heteroatoms. The number of aryl methyl sites for hydroxylation is 1. The van der Waals surface area contributed by atoms with Gasteiger partial charge >= 0.3 is 0 Å². The average molecular weight is 311 g/mol. The van der Waals surface area contributed by atoms with E-state index in [0.29, 0.717) is 6.79 Å². The topological polar surface area (TPSA) is 21.7 Å². The third kappa shape index (κ3) is 3.35. The Morgan fingerprint density at radius 1 is 1.04 bits per heavy atom. The Hall–Kier alpha value is -2.00. The van der Waals surface area contributed by atoms with Crippen LogP contribution in [0.4, 0.5) is 0 Å². The molecule has 2 aliphatic heterocycles. The number of ether oxygens (including phenoxy) is 2. The lowest BCUT2D eigenvalue weighted by molar-refractivity contribution is 0.174. The van der Waals surface area contributed by atoms with Crippen molar-refractivity contribution in [3.63, 3.8) is 0 Å². The normalized spacial score (nSPS) is 15.6. The molecule has 23 heavy (non-hydrogen) atoms. The van der Waals surface area contributed by atoms with Crippen molar-refractivity contribution in [1.82, 2.24) is 4.90 Å². The van der Waals surface area contributed by atoms with Gasteiger partial charge in [0.1, 0.15) is 0 Å². The maximum Gasteiger partial charge on any atom is 0.231 e. The third-order valence-corrected chi connectivity index (χ3v) is 4.42. The lowest BCUT2D eigenvalue weighted by Gasteiger charge is -2.29. The maximum absolute atomic E-state index is 5.46. The van der Waals surface area contributed by atoms with Crippen LogP contribution in [-0.4, -0.2) is 18.2 Å². The van der Waals surface area contributed by atoms with Crippen LogP contribution in [0.3, 0.4) is 0 Å². The molecule has 0 aliphatic carbocycles. The summed E-state index contributed by atoms with van der Waals surface area (Å²) in [5.74, 6) is 1.74. The minimum Gasteiger partial charge on any atom is -0.454 e. The summed E-state index contributed by atoms with van der Waals surface area (Å²) in [6, 6.07) is 12.9. The SMILES string of the molecule is CC.Cc1cccc2c1CCN(Cc1ccc3c(c1)OCO3)C2. The summed E-state index contributed by atoms with van der Waals surface area (Å²) in [4.78, 5) is 2.50. The van der Waals surface area contributed by atoms with Gasteiger partial charge in [0.2, 0.25) is 6.79 Å². The number of fused-ring (bicyclic) bond motifs is 2. The predicted octanol–water partition coefficient (Wildman–Crippen LogP) is 4.31. The van der Waals surface area contributed by atoms with Gasteiger partial charge < -0.3 is 9.47 Å². The highest BCUT2D eigenvalue weighted by Crippen LogP contribution is 2.33. The molecule has 0 atom stereocenters. The molecule has 0 aromatic heterocycles. The molecule has 0 fully saturated rings. The molecule has 2 aromatic carbocycles. The Morgan fingerprint density at radius 2 is 1.87 bits per heavy atom. The number of benzene rings is 2. The second-order valence-electron chi connectivity index (χ2n) is 5.86. The number of hydrogen-bond donors (Lipinski definition) is 0. The Bertz CT molecular complexity index is 681. The molecule has 0 amide bonds. The van der Waals surface area contributed by atoms with E-state index in [0.717, 1.165) is 37.6 Å². The van der Waals surface area contributed by atoms with Crippen LogP contribution in [0.5, 0.6) is 11.5 Å². The molecule has 2 aliphatic rings. The predicted molar refractivity (Wildman–Crippen MR) is 92.9 cm³/mol. The summed E-state index contributed by atoms with van der Waals surface area (Å²) >= 11 is 0. The summed E-state index contributed by atoms with van der Waals surface area (Å²) in [5.41, 5.74) is 5.73. The van der Waals surface area contributed by atoms with Gasteiger partial charge in [-0.3, -0.25) is 4.90 Å². The molecular formula is C20H25NO2. The van der Waals surface area contributed by atoms with Gasteiger partial charge in [0.25, 0.3) is 0 Å². The van der Waals surface area contributed by atoms with Crippen molar-refractivity contribution in [2.45, 2.75) is 40.3 Å². The molecular weight excluding hydrogens is 286 g/mol. The highest BCUT2D eigenvalue weighted by atomic mass is 16.7. The molecule has 0 unspecified atom stereocenters. The molecule has 2 heterocycles. The first-order valence-electron chi connectivity index (χ1n) is 8.48. The molecule has 0 radical (unpaired) electrons. The van der Waals surface area contributed by atoms with Gasteiger partial charge in [-0.25, -0.2) is 0 Å². The smallest absolute Gasteiger partial charge is 0.231 e. The quantitative estimate of drug-likeness (QED) is 0.825. The first-order chi connectivity index (χ1) is 11.3. The molecule has 0 spiro atoms.